The maximum absolute atomic E-state index is 12.1. The molecular formula is C15H19N3O3. The lowest BCUT2D eigenvalue weighted by atomic mass is 10.1. The molecule has 21 heavy (non-hydrogen) atoms. The first kappa shape index (κ1) is 15.0. The van der Waals surface area contributed by atoms with E-state index in [1.807, 2.05) is 44.1 Å². The van der Waals surface area contributed by atoms with Crippen molar-refractivity contribution >= 4 is 22.6 Å². The van der Waals surface area contributed by atoms with E-state index in [2.05, 4.69) is 9.72 Å². The van der Waals surface area contributed by atoms with Crippen LogP contribution in [0.15, 0.2) is 23.0 Å². The molecule has 0 atom stereocenters. The second kappa shape index (κ2) is 5.95. The number of hydrogen-bond acceptors (Lipinski definition) is 5. The van der Waals surface area contributed by atoms with E-state index >= 15 is 0 Å². The van der Waals surface area contributed by atoms with Gasteiger partial charge in [0.15, 0.2) is 0 Å². The predicted octanol–water partition coefficient (Wildman–Crippen LogP) is 1.33. The number of carbonyl (C=O) groups excluding carboxylic acids is 1. The van der Waals surface area contributed by atoms with E-state index in [1.54, 1.807) is 0 Å². The number of benzene rings is 1. The molecule has 0 bridgehead atoms. The zero-order chi connectivity index (χ0) is 15.6. The van der Waals surface area contributed by atoms with Crippen molar-refractivity contribution in [2.75, 3.05) is 26.1 Å². The predicted molar refractivity (Wildman–Crippen MR) is 81.7 cm³/mol. The van der Waals surface area contributed by atoms with Crippen LogP contribution in [-0.4, -0.2) is 36.7 Å². The van der Waals surface area contributed by atoms with Crippen molar-refractivity contribution < 1.29 is 9.53 Å². The summed E-state index contributed by atoms with van der Waals surface area (Å²) >= 11 is 0. The molecule has 112 valence electrons. The van der Waals surface area contributed by atoms with Gasteiger partial charge in [-0.15, -0.1) is 0 Å². The molecule has 1 aromatic heterocycles. The minimum Gasteiger partial charge on any atom is -0.469 e. The van der Waals surface area contributed by atoms with Crippen molar-refractivity contribution in [3.63, 3.8) is 0 Å². The van der Waals surface area contributed by atoms with Gasteiger partial charge in [0, 0.05) is 31.7 Å². The molecule has 0 N–H and O–H groups in total. The zero-order valence-electron chi connectivity index (χ0n) is 12.7. The molecule has 1 aromatic carbocycles. The maximum atomic E-state index is 12.1. The summed E-state index contributed by atoms with van der Waals surface area (Å²) in [5.41, 5.74) is 2.11. The van der Waals surface area contributed by atoms with Gasteiger partial charge < -0.3 is 9.64 Å². The van der Waals surface area contributed by atoms with Gasteiger partial charge in [-0.25, -0.2) is 4.79 Å². The fourth-order valence-corrected chi connectivity index (χ4v) is 2.22. The van der Waals surface area contributed by atoms with Gasteiger partial charge in [0.2, 0.25) is 0 Å². The molecule has 6 heteroatoms. The molecule has 1 heterocycles. The lowest BCUT2D eigenvalue weighted by Gasteiger charge is -2.16. The third-order valence-electron chi connectivity index (χ3n) is 3.44. The smallest absolute Gasteiger partial charge is 0.348 e. The van der Waals surface area contributed by atoms with Crippen LogP contribution in [0.5, 0.6) is 0 Å². The Kier molecular flexibility index (Phi) is 4.26. The first-order valence-corrected chi connectivity index (χ1v) is 6.69. The number of rotatable bonds is 4. The van der Waals surface area contributed by atoms with Crippen molar-refractivity contribution in [2.24, 2.45) is 0 Å². The number of anilines is 1. The summed E-state index contributed by atoms with van der Waals surface area (Å²) in [5.74, 6) is -0.348. The van der Waals surface area contributed by atoms with Crippen LogP contribution in [0, 0.1) is 6.92 Å². The normalized spacial score (nSPS) is 10.7. The van der Waals surface area contributed by atoms with Crippen LogP contribution >= 0.6 is 0 Å². The first-order chi connectivity index (χ1) is 9.93. The summed E-state index contributed by atoms with van der Waals surface area (Å²) in [6.45, 7) is 2.07. The topological polar surface area (TPSA) is 64.4 Å². The Balaban J connectivity index is 2.58. The van der Waals surface area contributed by atoms with Crippen LogP contribution in [0.3, 0.4) is 0 Å². The molecular weight excluding hydrogens is 270 g/mol. The van der Waals surface area contributed by atoms with Gasteiger partial charge in [-0.05, 0) is 25.1 Å². The lowest BCUT2D eigenvalue weighted by Crippen LogP contribution is -2.26. The molecule has 0 saturated heterocycles. The Bertz CT molecular complexity index is 735. The number of ether oxygens (including phenoxy) is 1. The standard InChI is InChI=1S/C15H19N3O3/c1-10-12-6-5-11(17(2)3)9-13(12)18(15(20)16-10)8-7-14(19)21-4/h5-6,9H,7-8H2,1-4H3. The van der Waals surface area contributed by atoms with E-state index in [9.17, 15) is 9.59 Å². The number of nitrogens with zero attached hydrogens (tertiary/aromatic N) is 3. The minimum atomic E-state index is -0.348. The molecule has 2 rings (SSSR count). The fourth-order valence-electron chi connectivity index (χ4n) is 2.22. The van der Waals surface area contributed by atoms with Crippen molar-refractivity contribution in [1.29, 1.82) is 0 Å². The number of hydrogen-bond donors (Lipinski definition) is 0. The van der Waals surface area contributed by atoms with E-state index in [0.29, 0.717) is 5.69 Å². The lowest BCUT2D eigenvalue weighted by molar-refractivity contribution is -0.140. The Labute approximate surface area is 123 Å². The highest BCUT2D eigenvalue weighted by atomic mass is 16.5. The number of methoxy groups -OCH3 is 1. The number of aryl methyl sites for hydroxylation is 2. The molecule has 0 radical (unpaired) electrons. The Morgan fingerprint density at radius 1 is 1.38 bits per heavy atom. The van der Waals surface area contributed by atoms with Crippen LogP contribution in [0.4, 0.5) is 5.69 Å². The van der Waals surface area contributed by atoms with E-state index in [-0.39, 0.29) is 24.6 Å². The summed E-state index contributed by atoms with van der Waals surface area (Å²) in [6, 6.07) is 5.86. The largest absolute Gasteiger partial charge is 0.469 e. The Morgan fingerprint density at radius 3 is 2.71 bits per heavy atom. The fraction of sp³-hybridized carbons (Fsp3) is 0.400. The highest BCUT2D eigenvalue weighted by molar-refractivity contribution is 5.84. The summed E-state index contributed by atoms with van der Waals surface area (Å²) in [6.07, 6.45) is 0.141. The Hall–Kier alpha value is -2.37. The van der Waals surface area contributed by atoms with Gasteiger partial charge in [-0.1, -0.05) is 0 Å². The zero-order valence-corrected chi connectivity index (χ0v) is 12.7. The highest BCUT2D eigenvalue weighted by Gasteiger charge is 2.11. The maximum Gasteiger partial charge on any atom is 0.348 e. The van der Waals surface area contributed by atoms with Gasteiger partial charge in [-0.2, -0.15) is 4.98 Å². The van der Waals surface area contributed by atoms with Crippen molar-refractivity contribution in [3.8, 4) is 0 Å². The molecule has 0 aliphatic carbocycles. The highest BCUT2D eigenvalue weighted by Crippen LogP contribution is 2.21. The summed E-state index contributed by atoms with van der Waals surface area (Å²) in [4.78, 5) is 29.4. The van der Waals surface area contributed by atoms with E-state index < -0.39 is 0 Å². The SMILES string of the molecule is COC(=O)CCn1c(=O)nc(C)c2ccc(N(C)C)cc21. The van der Waals surface area contributed by atoms with Crippen LogP contribution in [0.1, 0.15) is 12.1 Å². The molecule has 0 saturated carbocycles. The third kappa shape index (κ3) is 3.04. The number of fused-ring (bicyclic) bond motifs is 1. The quantitative estimate of drug-likeness (QED) is 0.795. The monoisotopic (exact) mass is 289 g/mol. The Morgan fingerprint density at radius 2 is 2.10 bits per heavy atom. The van der Waals surface area contributed by atoms with Gasteiger partial charge in [0.05, 0.1) is 24.7 Å². The second-order valence-corrected chi connectivity index (χ2v) is 5.05. The molecule has 0 amide bonds. The minimum absolute atomic E-state index is 0.141. The van der Waals surface area contributed by atoms with Crippen molar-refractivity contribution in [1.82, 2.24) is 9.55 Å². The molecule has 2 aromatic rings. The van der Waals surface area contributed by atoms with Crippen LogP contribution in [0.2, 0.25) is 0 Å². The van der Waals surface area contributed by atoms with Gasteiger partial charge in [-0.3, -0.25) is 9.36 Å². The molecule has 0 aliphatic rings. The molecule has 0 spiro atoms. The van der Waals surface area contributed by atoms with Gasteiger partial charge >= 0.3 is 11.7 Å². The number of esters is 1. The second-order valence-electron chi connectivity index (χ2n) is 5.05. The average molecular weight is 289 g/mol. The molecule has 6 nitrogen and oxygen atoms in total. The number of aromatic nitrogens is 2. The molecule has 0 aliphatic heterocycles. The average Bonchev–Trinajstić information content (AvgIpc) is 2.45. The van der Waals surface area contributed by atoms with E-state index in [4.69, 9.17) is 0 Å². The van der Waals surface area contributed by atoms with Crippen molar-refractivity contribution in [3.05, 3.63) is 34.4 Å². The summed E-state index contributed by atoms with van der Waals surface area (Å²) in [7, 11) is 5.21. The van der Waals surface area contributed by atoms with Gasteiger partial charge in [0.1, 0.15) is 0 Å². The van der Waals surface area contributed by atoms with E-state index in [0.717, 1.165) is 16.6 Å². The van der Waals surface area contributed by atoms with E-state index in [1.165, 1.54) is 11.7 Å². The van der Waals surface area contributed by atoms with Crippen LogP contribution in [-0.2, 0) is 16.1 Å². The summed E-state index contributed by atoms with van der Waals surface area (Å²) in [5, 5.41) is 0.907. The first-order valence-electron chi connectivity index (χ1n) is 6.69. The molecule has 0 fully saturated rings. The van der Waals surface area contributed by atoms with Crippen LogP contribution in [0.25, 0.3) is 10.9 Å². The molecule has 0 unspecified atom stereocenters. The van der Waals surface area contributed by atoms with Crippen LogP contribution < -0.4 is 10.6 Å². The van der Waals surface area contributed by atoms with Gasteiger partial charge in [0.25, 0.3) is 0 Å². The van der Waals surface area contributed by atoms with Crippen molar-refractivity contribution in [2.45, 2.75) is 19.9 Å². The third-order valence-corrected chi connectivity index (χ3v) is 3.44. The summed E-state index contributed by atoms with van der Waals surface area (Å²) < 4.78 is 6.15. The number of carbonyl (C=O) groups is 1.